The highest BCUT2D eigenvalue weighted by molar-refractivity contribution is 6.02. The monoisotopic (exact) mass is 443 g/mol. The number of nitrogens with zero attached hydrogens (tertiary/aromatic N) is 1. The Morgan fingerprint density at radius 3 is 2.34 bits per heavy atom. The first-order chi connectivity index (χ1) is 15.2. The largest absolute Gasteiger partial charge is 0.490 e. The van der Waals surface area contributed by atoms with Crippen molar-refractivity contribution in [1.29, 1.82) is 0 Å². The highest BCUT2D eigenvalue weighted by atomic mass is 16.5. The lowest BCUT2D eigenvalue weighted by atomic mass is 10.0. The van der Waals surface area contributed by atoms with Crippen molar-refractivity contribution in [2.75, 3.05) is 19.7 Å². The van der Waals surface area contributed by atoms with E-state index in [4.69, 9.17) is 19.4 Å². The lowest BCUT2D eigenvalue weighted by Gasteiger charge is -2.17. The van der Waals surface area contributed by atoms with Gasteiger partial charge in [-0.1, -0.05) is 6.07 Å². The van der Waals surface area contributed by atoms with Crippen LogP contribution in [0.3, 0.4) is 0 Å². The van der Waals surface area contributed by atoms with E-state index in [0.717, 1.165) is 17.2 Å². The van der Waals surface area contributed by atoms with Crippen LogP contribution >= 0.6 is 0 Å². The molecule has 0 unspecified atom stereocenters. The van der Waals surface area contributed by atoms with Gasteiger partial charge in [-0.15, -0.1) is 0 Å². The van der Waals surface area contributed by atoms with Crippen molar-refractivity contribution in [3.63, 3.8) is 0 Å². The Labute approximate surface area is 186 Å². The predicted octanol–water partition coefficient (Wildman–Crippen LogP) is 4.44. The van der Waals surface area contributed by atoms with E-state index in [1.165, 1.54) is 0 Å². The molecule has 0 spiro atoms. The summed E-state index contributed by atoms with van der Waals surface area (Å²) in [6.45, 7) is 8.69. The van der Waals surface area contributed by atoms with Crippen molar-refractivity contribution in [3.05, 3.63) is 41.7 Å². The Bertz CT molecular complexity index is 1060. The number of carboxylic acid groups (broad SMARTS) is 2. The molecule has 0 aliphatic carbocycles. The third-order valence-electron chi connectivity index (χ3n) is 5.01. The number of aliphatic carboxylic acids is 2. The van der Waals surface area contributed by atoms with E-state index in [2.05, 4.69) is 0 Å². The minimum absolute atomic E-state index is 0.0135. The summed E-state index contributed by atoms with van der Waals surface area (Å²) in [5, 5.41) is 18.5. The Morgan fingerprint density at radius 1 is 1.06 bits per heavy atom. The lowest BCUT2D eigenvalue weighted by molar-refractivity contribution is -0.137. The number of ether oxygens (including phenoxy) is 1. The maximum absolute atomic E-state index is 12.5. The molecule has 0 atom stereocenters. The fourth-order valence-corrected chi connectivity index (χ4v) is 3.30. The molecule has 0 aliphatic rings. The van der Waals surface area contributed by atoms with Crippen LogP contribution in [0.2, 0.25) is 0 Å². The van der Waals surface area contributed by atoms with Crippen molar-refractivity contribution in [2.24, 2.45) is 0 Å². The summed E-state index contributed by atoms with van der Waals surface area (Å²) >= 11 is 0. The maximum Gasteiger partial charge on any atom is 0.328 e. The van der Waals surface area contributed by atoms with Crippen LogP contribution in [0.1, 0.15) is 51.9 Å². The second kappa shape index (κ2) is 11.2. The van der Waals surface area contributed by atoms with Gasteiger partial charge in [-0.3, -0.25) is 9.59 Å². The van der Waals surface area contributed by atoms with Gasteiger partial charge in [0, 0.05) is 37.0 Å². The van der Waals surface area contributed by atoms with Crippen LogP contribution in [0.4, 0.5) is 0 Å². The van der Waals surface area contributed by atoms with Gasteiger partial charge in [0.1, 0.15) is 5.76 Å². The molecule has 32 heavy (non-hydrogen) atoms. The SMILES string of the molecule is CCN(CC)C(=O)/C=C(\C)c1ccc(OCCCC(=O)O)c2oc(/C(C)=C/C(=O)O)cc12. The van der Waals surface area contributed by atoms with Crippen LogP contribution < -0.4 is 4.74 Å². The molecule has 1 aromatic heterocycles. The minimum atomic E-state index is -1.09. The molecule has 2 N–H and O–H groups in total. The van der Waals surface area contributed by atoms with Crippen molar-refractivity contribution < 1.29 is 33.8 Å². The Hall–Kier alpha value is -3.55. The molecule has 0 fully saturated rings. The Morgan fingerprint density at radius 2 is 1.75 bits per heavy atom. The second-order valence-electron chi connectivity index (χ2n) is 7.31. The number of fused-ring (bicyclic) bond motifs is 1. The number of carbonyl (C=O) groups is 3. The number of allylic oxidation sites excluding steroid dienone is 2. The highest BCUT2D eigenvalue weighted by Gasteiger charge is 2.17. The number of rotatable bonds is 11. The summed E-state index contributed by atoms with van der Waals surface area (Å²) in [5.74, 6) is -1.29. The smallest absolute Gasteiger partial charge is 0.328 e. The van der Waals surface area contributed by atoms with Gasteiger partial charge >= 0.3 is 11.9 Å². The summed E-state index contributed by atoms with van der Waals surface area (Å²) in [4.78, 5) is 36.0. The number of furan rings is 1. The predicted molar refractivity (Wildman–Crippen MR) is 121 cm³/mol. The molecule has 1 amide bonds. The van der Waals surface area contributed by atoms with Crippen molar-refractivity contribution >= 4 is 40.0 Å². The molecule has 172 valence electrons. The fourth-order valence-electron chi connectivity index (χ4n) is 3.30. The van der Waals surface area contributed by atoms with E-state index < -0.39 is 11.9 Å². The minimum Gasteiger partial charge on any atom is -0.490 e. The molecule has 0 saturated carbocycles. The summed E-state index contributed by atoms with van der Waals surface area (Å²) in [5.41, 5.74) is 2.33. The average molecular weight is 443 g/mol. The molecule has 0 radical (unpaired) electrons. The molecule has 2 rings (SSSR count). The van der Waals surface area contributed by atoms with Crippen LogP contribution in [0.15, 0.2) is 34.8 Å². The van der Waals surface area contributed by atoms with Gasteiger partial charge in [0.2, 0.25) is 5.91 Å². The summed E-state index contributed by atoms with van der Waals surface area (Å²) < 4.78 is 11.7. The number of hydrogen-bond donors (Lipinski definition) is 2. The van der Waals surface area contributed by atoms with E-state index in [0.29, 0.717) is 47.6 Å². The Balaban J connectivity index is 2.51. The molecule has 0 saturated heterocycles. The highest BCUT2D eigenvalue weighted by Crippen LogP contribution is 2.36. The molecule has 8 nitrogen and oxygen atoms in total. The molecule has 1 aromatic carbocycles. The van der Waals surface area contributed by atoms with Gasteiger partial charge in [0.25, 0.3) is 0 Å². The van der Waals surface area contributed by atoms with Crippen LogP contribution in [-0.2, 0) is 14.4 Å². The van der Waals surface area contributed by atoms with Gasteiger partial charge in [-0.2, -0.15) is 0 Å². The van der Waals surface area contributed by atoms with Crippen LogP contribution in [-0.4, -0.2) is 52.7 Å². The molecule has 8 heteroatoms. The normalized spacial score (nSPS) is 12.1. The molecule has 0 aliphatic heterocycles. The van der Waals surface area contributed by atoms with Crippen molar-refractivity contribution in [1.82, 2.24) is 4.90 Å². The molecular weight excluding hydrogens is 414 g/mol. The molecule has 2 aromatic rings. The third-order valence-corrected chi connectivity index (χ3v) is 5.01. The summed E-state index contributed by atoms with van der Waals surface area (Å²) in [6.07, 6.45) is 2.95. The molecule has 1 heterocycles. The number of carboxylic acids is 2. The van der Waals surface area contributed by atoms with Gasteiger partial charge in [0.15, 0.2) is 11.3 Å². The first-order valence-electron chi connectivity index (χ1n) is 10.5. The van der Waals surface area contributed by atoms with Crippen molar-refractivity contribution in [3.8, 4) is 5.75 Å². The van der Waals surface area contributed by atoms with Crippen molar-refractivity contribution in [2.45, 2.75) is 40.5 Å². The van der Waals surface area contributed by atoms with Gasteiger partial charge in [-0.05, 0) is 63.0 Å². The number of carbonyl (C=O) groups excluding carboxylic acids is 1. The Kier molecular flexibility index (Phi) is 8.63. The maximum atomic E-state index is 12.5. The summed E-state index contributed by atoms with van der Waals surface area (Å²) in [7, 11) is 0. The van der Waals surface area contributed by atoms with Gasteiger partial charge in [0.05, 0.1) is 6.61 Å². The zero-order valence-corrected chi connectivity index (χ0v) is 18.8. The third kappa shape index (κ3) is 6.23. The van der Waals surface area contributed by atoms with E-state index in [-0.39, 0.29) is 18.9 Å². The van der Waals surface area contributed by atoms with E-state index in [9.17, 15) is 14.4 Å². The van der Waals surface area contributed by atoms with E-state index >= 15 is 0 Å². The molecule has 0 bridgehead atoms. The van der Waals surface area contributed by atoms with Gasteiger partial charge in [-0.25, -0.2) is 4.79 Å². The zero-order valence-electron chi connectivity index (χ0n) is 18.8. The van der Waals surface area contributed by atoms with Crippen LogP contribution in [0.5, 0.6) is 5.75 Å². The second-order valence-corrected chi connectivity index (χ2v) is 7.31. The van der Waals surface area contributed by atoms with E-state index in [1.807, 2.05) is 26.8 Å². The summed E-state index contributed by atoms with van der Waals surface area (Å²) in [6, 6.07) is 5.25. The zero-order chi connectivity index (χ0) is 23.8. The first kappa shape index (κ1) is 24.7. The number of likely N-dealkylation sites (N-methyl/N-ethyl adjacent to an activating group) is 1. The number of hydrogen-bond acceptors (Lipinski definition) is 5. The van der Waals surface area contributed by atoms with Gasteiger partial charge < -0.3 is 24.3 Å². The first-order valence-corrected chi connectivity index (χ1v) is 10.5. The molecular formula is C24H29NO7. The van der Waals surface area contributed by atoms with E-state index in [1.54, 1.807) is 30.0 Å². The van der Waals surface area contributed by atoms with Crippen LogP contribution in [0, 0.1) is 0 Å². The number of amides is 1. The lowest BCUT2D eigenvalue weighted by Crippen LogP contribution is -2.28. The average Bonchev–Trinajstić information content (AvgIpc) is 3.17. The quantitative estimate of drug-likeness (QED) is 0.389. The topological polar surface area (TPSA) is 117 Å². The van der Waals surface area contributed by atoms with Crippen LogP contribution in [0.25, 0.3) is 22.1 Å². The number of benzene rings is 1. The standard InChI is InChI=1S/C24H29NO7/c1-5-25(6-2)21(26)12-15(3)17-9-10-19(31-11-7-8-22(27)28)24-18(17)14-20(32-24)16(4)13-23(29)30/h9-10,12-14H,5-8,11H2,1-4H3,(H,27,28)(H,29,30)/b15-12+,16-13+. The fraction of sp³-hybridized carbons (Fsp3) is 0.375.